The largest absolute Gasteiger partial charge is 0.325 e. The molecular weight excluding hydrogens is 340 g/mol. The first-order chi connectivity index (χ1) is 11.7. The van der Waals surface area contributed by atoms with Gasteiger partial charge in [0.15, 0.2) is 0 Å². The third kappa shape index (κ3) is 3.72. The van der Waals surface area contributed by atoms with Gasteiger partial charge >= 0.3 is 0 Å². The lowest BCUT2D eigenvalue weighted by atomic mass is 10.2. The highest BCUT2D eigenvalue weighted by Gasteiger charge is 2.11. The molecule has 0 aliphatic rings. The Kier molecular flexibility index (Phi) is 5.08. The maximum absolute atomic E-state index is 12.1. The number of hydrogen-bond donors (Lipinski definition) is 1. The smallest absolute Gasteiger partial charge is 0.234 e. The van der Waals surface area contributed by atoms with Crippen LogP contribution in [0.5, 0.6) is 0 Å². The van der Waals surface area contributed by atoms with Gasteiger partial charge in [0, 0.05) is 16.0 Å². The third-order valence-corrected chi connectivity index (χ3v) is 5.50. The highest BCUT2D eigenvalue weighted by molar-refractivity contribution is 8.00. The number of anilines is 1. The molecule has 0 saturated heterocycles. The van der Waals surface area contributed by atoms with Crippen molar-refractivity contribution in [3.05, 3.63) is 47.1 Å². The number of aryl methyl sites for hydroxylation is 1. The van der Waals surface area contributed by atoms with Gasteiger partial charge < -0.3 is 5.32 Å². The van der Waals surface area contributed by atoms with E-state index in [0.717, 1.165) is 21.7 Å². The van der Waals surface area contributed by atoms with Crippen LogP contribution in [0.15, 0.2) is 41.7 Å². The number of rotatable bonds is 5. The van der Waals surface area contributed by atoms with Gasteiger partial charge in [-0.1, -0.05) is 24.8 Å². The number of amides is 1. The molecule has 24 heavy (non-hydrogen) atoms. The Morgan fingerprint density at radius 1 is 1.38 bits per heavy atom. The first kappa shape index (κ1) is 16.4. The van der Waals surface area contributed by atoms with Crippen LogP contribution in [-0.2, 0) is 11.2 Å². The molecule has 5 nitrogen and oxygen atoms in total. The van der Waals surface area contributed by atoms with Crippen LogP contribution in [-0.4, -0.2) is 21.6 Å². The summed E-state index contributed by atoms with van der Waals surface area (Å²) in [5.74, 6) is 0.119. The zero-order valence-electron chi connectivity index (χ0n) is 12.9. The number of benzene rings is 1. The van der Waals surface area contributed by atoms with Crippen molar-refractivity contribution in [1.82, 2.24) is 9.97 Å². The van der Waals surface area contributed by atoms with E-state index < -0.39 is 0 Å². The van der Waals surface area contributed by atoms with Crippen LogP contribution in [0.25, 0.3) is 10.2 Å². The summed E-state index contributed by atoms with van der Waals surface area (Å²) in [7, 11) is 0. The van der Waals surface area contributed by atoms with Crippen LogP contribution in [0.4, 0.5) is 5.69 Å². The molecule has 0 saturated carbocycles. The summed E-state index contributed by atoms with van der Waals surface area (Å²) >= 11 is 3.05. The number of aromatic nitrogens is 2. The average Bonchev–Trinajstić information content (AvgIpc) is 3.04. The Labute approximate surface area is 147 Å². The first-order valence-corrected chi connectivity index (χ1v) is 9.16. The molecule has 0 unspecified atom stereocenters. The van der Waals surface area contributed by atoms with Gasteiger partial charge in [0.1, 0.15) is 16.2 Å². The van der Waals surface area contributed by atoms with Crippen LogP contribution in [0.2, 0.25) is 0 Å². The molecule has 0 atom stereocenters. The lowest BCUT2D eigenvalue weighted by Crippen LogP contribution is -2.14. The topological polar surface area (TPSA) is 78.7 Å². The second kappa shape index (κ2) is 7.43. The van der Waals surface area contributed by atoms with Crippen LogP contribution in [0, 0.1) is 11.3 Å². The SMILES string of the molecule is CCc1cc2c(SCC(=O)Nc3cccc(C#N)c3)ncnc2s1. The number of nitrogens with zero attached hydrogens (tertiary/aromatic N) is 3. The minimum Gasteiger partial charge on any atom is -0.325 e. The van der Waals surface area contributed by atoms with Crippen LogP contribution in [0.3, 0.4) is 0 Å². The van der Waals surface area contributed by atoms with Crippen LogP contribution in [0.1, 0.15) is 17.4 Å². The van der Waals surface area contributed by atoms with Crippen molar-refractivity contribution in [1.29, 1.82) is 5.26 Å². The maximum atomic E-state index is 12.1. The van der Waals surface area contributed by atoms with E-state index in [1.807, 2.05) is 0 Å². The fraction of sp³-hybridized carbons (Fsp3) is 0.176. The van der Waals surface area contributed by atoms with E-state index in [4.69, 9.17) is 5.26 Å². The summed E-state index contributed by atoms with van der Waals surface area (Å²) in [4.78, 5) is 22.9. The highest BCUT2D eigenvalue weighted by Crippen LogP contribution is 2.30. The summed E-state index contributed by atoms with van der Waals surface area (Å²) in [5, 5.41) is 13.5. The number of fused-ring (bicyclic) bond motifs is 1. The summed E-state index contributed by atoms with van der Waals surface area (Å²) in [5.41, 5.74) is 1.14. The van der Waals surface area contributed by atoms with Crippen molar-refractivity contribution >= 4 is 44.9 Å². The molecule has 0 bridgehead atoms. The van der Waals surface area contributed by atoms with Crippen molar-refractivity contribution in [2.24, 2.45) is 0 Å². The fourth-order valence-corrected chi connectivity index (χ4v) is 3.94. The van der Waals surface area contributed by atoms with Gasteiger partial charge in [-0.15, -0.1) is 11.3 Å². The standard InChI is InChI=1S/C17H14N4OS2/c1-2-13-7-14-16(19-10-20-17(14)24-13)23-9-15(22)21-12-5-3-4-11(6-12)8-18/h3-7,10H,2,9H2,1H3,(H,21,22). The number of carbonyl (C=O) groups is 1. The number of thiophene rings is 1. The Hall–Kier alpha value is -2.43. The fourth-order valence-electron chi connectivity index (χ4n) is 2.17. The summed E-state index contributed by atoms with van der Waals surface area (Å²) < 4.78 is 0. The predicted molar refractivity (Wildman–Crippen MR) is 97.3 cm³/mol. The monoisotopic (exact) mass is 354 g/mol. The molecule has 0 fully saturated rings. The normalized spacial score (nSPS) is 10.5. The van der Waals surface area contributed by atoms with Crippen molar-refractivity contribution in [2.45, 2.75) is 18.4 Å². The summed E-state index contributed by atoms with van der Waals surface area (Å²) in [6.07, 6.45) is 2.50. The van der Waals surface area contributed by atoms with E-state index >= 15 is 0 Å². The van der Waals surface area contributed by atoms with E-state index in [0.29, 0.717) is 11.3 Å². The third-order valence-electron chi connectivity index (χ3n) is 3.31. The van der Waals surface area contributed by atoms with Gasteiger partial charge in [-0.3, -0.25) is 4.79 Å². The van der Waals surface area contributed by atoms with Crippen molar-refractivity contribution in [3.63, 3.8) is 0 Å². The van der Waals surface area contributed by atoms with Crippen LogP contribution < -0.4 is 5.32 Å². The highest BCUT2D eigenvalue weighted by atomic mass is 32.2. The molecule has 120 valence electrons. The second-order valence-corrected chi connectivity index (χ2v) is 7.07. The van der Waals surface area contributed by atoms with E-state index in [2.05, 4.69) is 34.3 Å². The van der Waals surface area contributed by atoms with Gasteiger partial charge in [0.05, 0.1) is 17.4 Å². The van der Waals surface area contributed by atoms with E-state index in [-0.39, 0.29) is 11.7 Å². The Morgan fingerprint density at radius 2 is 2.25 bits per heavy atom. The molecule has 0 aliphatic heterocycles. The number of carbonyl (C=O) groups excluding carboxylic acids is 1. The Morgan fingerprint density at radius 3 is 3.04 bits per heavy atom. The molecule has 3 aromatic rings. The Bertz CT molecular complexity index is 930. The van der Waals surface area contributed by atoms with Gasteiger partial charge in [-0.25, -0.2) is 9.97 Å². The molecule has 0 spiro atoms. The molecule has 0 radical (unpaired) electrons. The lowest BCUT2D eigenvalue weighted by Gasteiger charge is -2.05. The van der Waals surface area contributed by atoms with E-state index in [9.17, 15) is 4.79 Å². The minimum absolute atomic E-state index is 0.132. The van der Waals surface area contributed by atoms with Crippen LogP contribution >= 0.6 is 23.1 Å². The zero-order chi connectivity index (χ0) is 16.9. The number of thioether (sulfide) groups is 1. The number of nitriles is 1. The zero-order valence-corrected chi connectivity index (χ0v) is 14.6. The minimum atomic E-state index is -0.132. The van der Waals surface area contributed by atoms with Gasteiger partial charge in [0.2, 0.25) is 5.91 Å². The van der Waals surface area contributed by atoms with E-state index in [1.165, 1.54) is 23.0 Å². The molecule has 2 heterocycles. The van der Waals surface area contributed by atoms with Gasteiger partial charge in [-0.2, -0.15) is 5.26 Å². The first-order valence-electron chi connectivity index (χ1n) is 7.36. The molecule has 2 aromatic heterocycles. The van der Waals surface area contributed by atoms with E-state index in [1.54, 1.807) is 35.6 Å². The average molecular weight is 354 g/mol. The number of hydrogen-bond acceptors (Lipinski definition) is 6. The lowest BCUT2D eigenvalue weighted by molar-refractivity contribution is -0.113. The molecule has 7 heteroatoms. The quantitative estimate of drug-likeness (QED) is 0.556. The molecule has 1 N–H and O–H groups in total. The summed E-state index contributed by atoms with van der Waals surface area (Å²) in [6, 6.07) is 11.0. The van der Waals surface area contributed by atoms with Crippen molar-refractivity contribution in [3.8, 4) is 6.07 Å². The number of nitrogens with one attached hydrogen (secondary N) is 1. The molecule has 3 rings (SSSR count). The maximum Gasteiger partial charge on any atom is 0.234 e. The molecule has 0 aliphatic carbocycles. The van der Waals surface area contributed by atoms with Crippen molar-refractivity contribution < 1.29 is 4.79 Å². The van der Waals surface area contributed by atoms with Crippen molar-refractivity contribution in [2.75, 3.05) is 11.1 Å². The second-order valence-electron chi connectivity index (χ2n) is 4.99. The molecule has 1 amide bonds. The predicted octanol–water partition coefficient (Wildman–Crippen LogP) is 3.86. The Balaban J connectivity index is 1.68. The molecule has 1 aromatic carbocycles. The summed E-state index contributed by atoms with van der Waals surface area (Å²) in [6.45, 7) is 2.10. The molecular formula is C17H14N4OS2. The van der Waals surface area contributed by atoms with Gasteiger partial charge in [0.25, 0.3) is 0 Å². The van der Waals surface area contributed by atoms with Gasteiger partial charge in [-0.05, 0) is 30.7 Å².